The van der Waals surface area contributed by atoms with Gasteiger partial charge in [0.05, 0.1) is 30.3 Å². The smallest absolute Gasteiger partial charge is 0.340 e. The van der Waals surface area contributed by atoms with E-state index in [0.717, 1.165) is 37.0 Å². The van der Waals surface area contributed by atoms with Gasteiger partial charge in [0.1, 0.15) is 0 Å². The molecule has 1 saturated carbocycles. The Morgan fingerprint density at radius 3 is 2.35 bits per heavy atom. The topological polar surface area (TPSA) is 90.9 Å². The number of methoxy groups -OCH3 is 2. The van der Waals surface area contributed by atoms with Crippen LogP contribution in [0.4, 0.5) is 5.69 Å². The van der Waals surface area contributed by atoms with Gasteiger partial charge < -0.3 is 19.5 Å². The van der Waals surface area contributed by atoms with E-state index in [9.17, 15) is 14.4 Å². The Labute approximate surface area is 185 Å². The van der Waals surface area contributed by atoms with Crippen LogP contribution in [-0.4, -0.2) is 38.5 Å². The van der Waals surface area contributed by atoms with Gasteiger partial charge in [-0.05, 0) is 31.4 Å². The summed E-state index contributed by atoms with van der Waals surface area (Å²) in [5.74, 6) is -0.503. The van der Waals surface area contributed by atoms with E-state index in [-0.39, 0.29) is 35.5 Å². The summed E-state index contributed by atoms with van der Waals surface area (Å²) in [5, 5.41) is 2.83. The number of esters is 1. The Hall–Kier alpha value is -2.87. The monoisotopic (exact) mass is 445 g/mol. The van der Waals surface area contributed by atoms with Crippen LogP contribution >= 0.6 is 11.3 Å². The molecule has 0 spiro atoms. The molecule has 1 aliphatic rings. The molecule has 1 N–H and O–H groups in total. The zero-order chi connectivity index (χ0) is 22.4. The van der Waals surface area contributed by atoms with Gasteiger partial charge in [-0.2, -0.15) is 0 Å². The van der Waals surface area contributed by atoms with Crippen LogP contribution in [0.25, 0.3) is 0 Å². The highest BCUT2D eigenvalue weighted by Crippen LogP contribution is 2.35. The average Bonchev–Trinajstić information content (AvgIpc) is 3.49. The van der Waals surface area contributed by atoms with Crippen LogP contribution in [0.1, 0.15) is 57.5 Å². The molecule has 0 bridgehead atoms. The fourth-order valence-corrected chi connectivity index (χ4v) is 4.44. The number of nitrogens with one attached hydrogen (secondary N) is 1. The maximum atomic E-state index is 12.8. The van der Waals surface area contributed by atoms with E-state index in [2.05, 4.69) is 5.32 Å². The maximum Gasteiger partial charge on any atom is 0.340 e. The number of anilines is 1. The predicted molar refractivity (Wildman–Crippen MR) is 118 cm³/mol. The Morgan fingerprint density at radius 1 is 1.06 bits per heavy atom. The van der Waals surface area contributed by atoms with Crippen LogP contribution in [-0.2, 0) is 16.0 Å². The summed E-state index contributed by atoms with van der Waals surface area (Å²) in [6.07, 6.45) is 4.53. The van der Waals surface area contributed by atoms with Crippen molar-refractivity contribution in [2.75, 3.05) is 26.1 Å². The molecule has 0 radical (unpaired) electrons. The number of rotatable bonds is 9. The molecule has 8 heteroatoms. The molecule has 31 heavy (non-hydrogen) atoms. The minimum absolute atomic E-state index is 0.0786. The molecule has 7 nitrogen and oxygen atoms in total. The fraction of sp³-hybridized carbons (Fsp3) is 0.435. The molecule has 1 fully saturated rings. The molecule has 0 aliphatic heterocycles. The molecule has 1 aromatic heterocycles. The largest absolute Gasteiger partial charge is 0.493 e. The van der Waals surface area contributed by atoms with E-state index < -0.39 is 5.97 Å². The average molecular weight is 446 g/mol. The molecule has 0 unspecified atom stereocenters. The molecule has 1 amide bonds. The number of Topliss-reactive ketones (excluding diaryl/α,β-unsaturated/α-hetero) is 1. The lowest BCUT2D eigenvalue weighted by Crippen LogP contribution is -2.22. The molecule has 1 aliphatic carbocycles. The predicted octanol–water partition coefficient (Wildman–Crippen LogP) is 4.50. The first-order valence-corrected chi connectivity index (χ1v) is 11.1. The van der Waals surface area contributed by atoms with Gasteiger partial charge >= 0.3 is 5.97 Å². The number of carbonyl (C=O) groups excluding carboxylic acids is 3. The molecule has 166 valence electrons. The molecule has 0 atom stereocenters. The SMILES string of the molecule is CCc1ccc(C(=O)COC(=O)c2cc(OC)c(OC)cc2NC(=O)C2CCCC2)s1. The van der Waals surface area contributed by atoms with Gasteiger partial charge in [-0.1, -0.05) is 19.8 Å². The molecule has 1 aromatic carbocycles. The van der Waals surface area contributed by atoms with Gasteiger partial charge in [-0.15, -0.1) is 11.3 Å². The number of hydrogen-bond acceptors (Lipinski definition) is 7. The van der Waals surface area contributed by atoms with E-state index in [0.29, 0.717) is 16.4 Å². The van der Waals surface area contributed by atoms with Gasteiger partial charge in [-0.25, -0.2) is 4.79 Å². The van der Waals surface area contributed by atoms with E-state index >= 15 is 0 Å². The molecular weight excluding hydrogens is 418 g/mol. The lowest BCUT2D eigenvalue weighted by Gasteiger charge is -2.16. The van der Waals surface area contributed by atoms with Crippen molar-refractivity contribution in [2.45, 2.75) is 39.0 Å². The normalized spacial score (nSPS) is 13.6. The van der Waals surface area contributed by atoms with E-state index in [1.807, 2.05) is 13.0 Å². The number of hydrogen-bond donors (Lipinski definition) is 1. The summed E-state index contributed by atoms with van der Waals surface area (Å²) >= 11 is 1.39. The molecule has 3 rings (SSSR count). The Morgan fingerprint density at radius 2 is 1.74 bits per heavy atom. The second-order valence-corrected chi connectivity index (χ2v) is 8.51. The van der Waals surface area contributed by atoms with Crippen molar-refractivity contribution in [1.29, 1.82) is 0 Å². The van der Waals surface area contributed by atoms with Gasteiger partial charge in [0.15, 0.2) is 18.1 Å². The first kappa shape index (κ1) is 22.8. The van der Waals surface area contributed by atoms with Crippen molar-refractivity contribution < 1.29 is 28.6 Å². The zero-order valence-electron chi connectivity index (χ0n) is 18.0. The third-order valence-corrected chi connectivity index (χ3v) is 6.62. The molecule has 2 aromatic rings. The maximum absolute atomic E-state index is 12.8. The summed E-state index contributed by atoms with van der Waals surface area (Å²) < 4.78 is 15.9. The zero-order valence-corrected chi connectivity index (χ0v) is 18.8. The second-order valence-electron chi connectivity index (χ2n) is 7.34. The standard InChI is InChI=1S/C23H27NO6S/c1-4-15-9-10-21(31-15)18(25)13-30-23(27)16-11-19(28-2)20(29-3)12-17(16)24-22(26)14-7-5-6-8-14/h9-12,14H,4-8,13H2,1-3H3,(H,24,26). The van der Waals surface area contributed by atoms with Crippen molar-refractivity contribution in [3.63, 3.8) is 0 Å². The van der Waals surface area contributed by atoms with E-state index in [1.54, 1.807) is 6.07 Å². The summed E-state index contributed by atoms with van der Waals surface area (Å²) in [6.45, 7) is 1.63. The van der Waals surface area contributed by atoms with Crippen molar-refractivity contribution in [3.8, 4) is 11.5 Å². The van der Waals surface area contributed by atoms with Crippen LogP contribution in [0.3, 0.4) is 0 Å². The van der Waals surface area contributed by atoms with Crippen LogP contribution in [0.2, 0.25) is 0 Å². The van der Waals surface area contributed by atoms with Crippen LogP contribution in [0, 0.1) is 5.92 Å². The minimum atomic E-state index is -0.719. The Bertz CT molecular complexity index is 961. The minimum Gasteiger partial charge on any atom is -0.493 e. The van der Waals surface area contributed by atoms with Gasteiger partial charge in [0.25, 0.3) is 0 Å². The molecule has 1 heterocycles. The number of carbonyl (C=O) groups is 3. The summed E-state index contributed by atoms with van der Waals surface area (Å²) in [7, 11) is 2.93. The third-order valence-electron chi connectivity index (χ3n) is 5.35. The summed E-state index contributed by atoms with van der Waals surface area (Å²) in [5.41, 5.74) is 0.383. The second kappa shape index (κ2) is 10.4. The summed E-state index contributed by atoms with van der Waals surface area (Å²) in [6, 6.07) is 6.63. The van der Waals surface area contributed by atoms with E-state index in [4.69, 9.17) is 14.2 Å². The first-order valence-electron chi connectivity index (χ1n) is 10.3. The Balaban J connectivity index is 1.78. The lowest BCUT2D eigenvalue weighted by molar-refractivity contribution is -0.119. The highest BCUT2D eigenvalue weighted by molar-refractivity contribution is 7.14. The molecule has 0 saturated heterocycles. The number of aryl methyl sites for hydroxylation is 1. The number of ketones is 1. The fourth-order valence-electron chi connectivity index (χ4n) is 3.57. The number of ether oxygens (including phenoxy) is 3. The van der Waals surface area contributed by atoms with E-state index in [1.165, 1.54) is 37.7 Å². The highest BCUT2D eigenvalue weighted by Gasteiger charge is 2.26. The number of thiophene rings is 1. The first-order chi connectivity index (χ1) is 15.0. The third kappa shape index (κ3) is 5.44. The van der Waals surface area contributed by atoms with Crippen LogP contribution in [0.15, 0.2) is 24.3 Å². The highest BCUT2D eigenvalue weighted by atomic mass is 32.1. The van der Waals surface area contributed by atoms with Crippen molar-refractivity contribution in [3.05, 3.63) is 39.6 Å². The summed E-state index contributed by atoms with van der Waals surface area (Å²) in [4.78, 5) is 39.5. The van der Waals surface area contributed by atoms with Crippen LogP contribution < -0.4 is 14.8 Å². The van der Waals surface area contributed by atoms with Crippen molar-refractivity contribution in [1.82, 2.24) is 0 Å². The Kier molecular flexibility index (Phi) is 7.68. The number of amides is 1. The quantitative estimate of drug-likeness (QED) is 0.452. The van der Waals surface area contributed by atoms with Crippen LogP contribution in [0.5, 0.6) is 11.5 Å². The van der Waals surface area contributed by atoms with Crippen molar-refractivity contribution >= 4 is 34.7 Å². The van der Waals surface area contributed by atoms with Gasteiger partial charge in [0, 0.05) is 22.9 Å². The van der Waals surface area contributed by atoms with Gasteiger partial charge in [-0.3, -0.25) is 9.59 Å². The van der Waals surface area contributed by atoms with Gasteiger partial charge in [0.2, 0.25) is 11.7 Å². The molecular formula is C23H27NO6S. The number of benzene rings is 1. The van der Waals surface area contributed by atoms with Crippen molar-refractivity contribution in [2.24, 2.45) is 5.92 Å². The lowest BCUT2D eigenvalue weighted by atomic mass is 10.1.